The standard InChI is InChI=1S/C11H20N4O/c1-10(2,11(3,4)12)9(16)14-6-8-5-13-7-15-8/h5,7H,6,12H2,1-4H3,(H,13,15)(H,14,16). The second-order valence-corrected chi connectivity index (χ2v) is 5.11. The molecule has 90 valence electrons. The first-order chi connectivity index (χ1) is 7.25. The molecule has 0 atom stereocenters. The third kappa shape index (κ3) is 2.61. The Hall–Kier alpha value is -1.36. The summed E-state index contributed by atoms with van der Waals surface area (Å²) in [5.41, 5.74) is 5.67. The average Bonchev–Trinajstić information content (AvgIpc) is 2.64. The molecule has 0 saturated carbocycles. The molecule has 1 rings (SSSR count). The van der Waals surface area contributed by atoms with Crippen molar-refractivity contribution in [2.45, 2.75) is 39.8 Å². The Morgan fingerprint density at radius 2 is 2.12 bits per heavy atom. The van der Waals surface area contributed by atoms with Crippen molar-refractivity contribution in [1.82, 2.24) is 15.3 Å². The summed E-state index contributed by atoms with van der Waals surface area (Å²) in [6.07, 6.45) is 3.26. The lowest BCUT2D eigenvalue weighted by atomic mass is 9.74. The molecule has 0 aromatic carbocycles. The van der Waals surface area contributed by atoms with Crippen LogP contribution < -0.4 is 11.1 Å². The Labute approximate surface area is 95.8 Å². The van der Waals surface area contributed by atoms with Crippen LogP contribution in [0.1, 0.15) is 33.4 Å². The van der Waals surface area contributed by atoms with E-state index in [1.807, 2.05) is 27.7 Å². The first-order valence-corrected chi connectivity index (χ1v) is 5.29. The predicted molar refractivity (Wildman–Crippen MR) is 62.5 cm³/mol. The van der Waals surface area contributed by atoms with E-state index in [0.717, 1.165) is 5.69 Å². The number of aromatic nitrogens is 2. The summed E-state index contributed by atoms with van der Waals surface area (Å²) in [6.45, 7) is 7.83. The van der Waals surface area contributed by atoms with Crippen LogP contribution in [0.5, 0.6) is 0 Å². The predicted octanol–water partition coefficient (Wildman–Crippen LogP) is 0.789. The van der Waals surface area contributed by atoms with E-state index in [1.54, 1.807) is 12.5 Å². The van der Waals surface area contributed by atoms with E-state index in [-0.39, 0.29) is 5.91 Å². The van der Waals surface area contributed by atoms with Crippen LogP contribution in [-0.4, -0.2) is 21.4 Å². The smallest absolute Gasteiger partial charge is 0.227 e. The molecule has 0 aliphatic rings. The summed E-state index contributed by atoms with van der Waals surface area (Å²) in [5.74, 6) is -0.0606. The van der Waals surface area contributed by atoms with E-state index >= 15 is 0 Å². The van der Waals surface area contributed by atoms with E-state index in [0.29, 0.717) is 6.54 Å². The molecule has 1 aromatic heterocycles. The molecule has 0 bridgehead atoms. The molecule has 0 unspecified atom stereocenters. The maximum atomic E-state index is 12.0. The Bertz CT molecular complexity index is 349. The first-order valence-electron chi connectivity index (χ1n) is 5.29. The highest BCUT2D eigenvalue weighted by Gasteiger charge is 2.40. The monoisotopic (exact) mass is 224 g/mol. The number of nitrogens with two attached hydrogens (primary N) is 1. The van der Waals surface area contributed by atoms with Gasteiger partial charge in [0.05, 0.1) is 24.0 Å². The quantitative estimate of drug-likeness (QED) is 0.707. The molecule has 1 heterocycles. The van der Waals surface area contributed by atoms with Gasteiger partial charge in [-0.25, -0.2) is 4.98 Å². The number of H-pyrrole nitrogens is 1. The Morgan fingerprint density at radius 3 is 2.56 bits per heavy atom. The Kier molecular flexibility index (Phi) is 3.38. The van der Waals surface area contributed by atoms with E-state index < -0.39 is 11.0 Å². The highest BCUT2D eigenvalue weighted by molar-refractivity contribution is 5.83. The number of carbonyl (C=O) groups excluding carboxylic acids is 1. The fourth-order valence-corrected chi connectivity index (χ4v) is 1.07. The van der Waals surface area contributed by atoms with Gasteiger partial charge in [-0.2, -0.15) is 0 Å². The van der Waals surface area contributed by atoms with Crippen LogP contribution in [0.4, 0.5) is 0 Å². The second kappa shape index (κ2) is 4.25. The van der Waals surface area contributed by atoms with Gasteiger partial charge in [0.25, 0.3) is 0 Å². The number of nitrogens with one attached hydrogen (secondary N) is 2. The van der Waals surface area contributed by atoms with Gasteiger partial charge >= 0.3 is 0 Å². The summed E-state index contributed by atoms with van der Waals surface area (Å²) in [6, 6.07) is 0. The summed E-state index contributed by atoms with van der Waals surface area (Å²) in [7, 11) is 0. The number of aromatic amines is 1. The van der Waals surface area contributed by atoms with Crippen LogP contribution in [0.3, 0.4) is 0 Å². The fraction of sp³-hybridized carbons (Fsp3) is 0.636. The first kappa shape index (κ1) is 12.7. The van der Waals surface area contributed by atoms with E-state index in [1.165, 1.54) is 0 Å². The number of carbonyl (C=O) groups is 1. The molecule has 0 saturated heterocycles. The molecule has 1 amide bonds. The summed E-state index contributed by atoms with van der Waals surface area (Å²) in [4.78, 5) is 18.8. The van der Waals surface area contributed by atoms with Crippen molar-refractivity contribution < 1.29 is 4.79 Å². The zero-order valence-corrected chi connectivity index (χ0v) is 10.3. The van der Waals surface area contributed by atoms with Gasteiger partial charge in [0.2, 0.25) is 5.91 Å². The molecule has 16 heavy (non-hydrogen) atoms. The minimum Gasteiger partial charge on any atom is -0.350 e. The lowest BCUT2D eigenvalue weighted by Crippen LogP contribution is -2.55. The normalized spacial score (nSPS) is 12.6. The number of hydrogen-bond acceptors (Lipinski definition) is 3. The Morgan fingerprint density at radius 1 is 1.50 bits per heavy atom. The van der Waals surface area contributed by atoms with Crippen LogP contribution in [0.2, 0.25) is 0 Å². The van der Waals surface area contributed by atoms with Gasteiger partial charge in [-0.3, -0.25) is 4.79 Å². The summed E-state index contributed by atoms with van der Waals surface area (Å²) in [5, 5.41) is 2.84. The van der Waals surface area contributed by atoms with Gasteiger partial charge in [0.1, 0.15) is 0 Å². The third-order valence-corrected chi connectivity index (χ3v) is 3.17. The number of rotatable bonds is 4. The molecule has 5 heteroatoms. The average molecular weight is 224 g/mol. The van der Waals surface area contributed by atoms with Gasteiger partial charge in [-0.15, -0.1) is 0 Å². The molecule has 0 radical (unpaired) electrons. The van der Waals surface area contributed by atoms with Gasteiger partial charge in [0.15, 0.2) is 0 Å². The maximum absolute atomic E-state index is 12.0. The van der Waals surface area contributed by atoms with Crippen LogP contribution in [0.25, 0.3) is 0 Å². The van der Waals surface area contributed by atoms with Crippen molar-refractivity contribution in [3.63, 3.8) is 0 Å². The lowest BCUT2D eigenvalue weighted by molar-refractivity contribution is -0.132. The van der Waals surface area contributed by atoms with Crippen molar-refractivity contribution in [3.8, 4) is 0 Å². The molecule has 0 aliphatic carbocycles. The van der Waals surface area contributed by atoms with Gasteiger partial charge in [0, 0.05) is 11.7 Å². The molecule has 5 nitrogen and oxygen atoms in total. The largest absolute Gasteiger partial charge is 0.350 e. The van der Waals surface area contributed by atoms with E-state index in [2.05, 4.69) is 15.3 Å². The number of amides is 1. The van der Waals surface area contributed by atoms with Crippen molar-refractivity contribution in [1.29, 1.82) is 0 Å². The van der Waals surface area contributed by atoms with Crippen molar-refractivity contribution in [2.75, 3.05) is 0 Å². The minimum atomic E-state index is -0.618. The van der Waals surface area contributed by atoms with Crippen molar-refractivity contribution >= 4 is 5.91 Å². The second-order valence-electron chi connectivity index (χ2n) is 5.11. The van der Waals surface area contributed by atoms with E-state index in [9.17, 15) is 4.79 Å². The van der Waals surface area contributed by atoms with Crippen LogP contribution in [0, 0.1) is 5.41 Å². The third-order valence-electron chi connectivity index (χ3n) is 3.17. The van der Waals surface area contributed by atoms with Crippen molar-refractivity contribution in [3.05, 3.63) is 18.2 Å². The van der Waals surface area contributed by atoms with Gasteiger partial charge < -0.3 is 16.0 Å². The van der Waals surface area contributed by atoms with Crippen LogP contribution >= 0.6 is 0 Å². The van der Waals surface area contributed by atoms with Crippen LogP contribution in [-0.2, 0) is 11.3 Å². The number of hydrogen-bond donors (Lipinski definition) is 3. The summed E-state index contributed by atoms with van der Waals surface area (Å²) < 4.78 is 0. The zero-order chi connectivity index (χ0) is 12.4. The van der Waals surface area contributed by atoms with Crippen LogP contribution in [0.15, 0.2) is 12.5 Å². The van der Waals surface area contributed by atoms with Crippen molar-refractivity contribution in [2.24, 2.45) is 11.1 Å². The molecule has 4 N–H and O–H groups in total. The molecule has 0 fully saturated rings. The minimum absolute atomic E-state index is 0.0606. The lowest BCUT2D eigenvalue weighted by Gasteiger charge is -2.36. The zero-order valence-electron chi connectivity index (χ0n) is 10.3. The van der Waals surface area contributed by atoms with E-state index in [4.69, 9.17) is 5.73 Å². The molecule has 0 aliphatic heterocycles. The topological polar surface area (TPSA) is 83.8 Å². The number of imidazole rings is 1. The molecule has 1 aromatic rings. The number of nitrogens with zero attached hydrogens (tertiary/aromatic N) is 1. The van der Waals surface area contributed by atoms with Gasteiger partial charge in [-0.05, 0) is 27.7 Å². The molecular formula is C11H20N4O. The molecule has 0 spiro atoms. The highest BCUT2D eigenvalue weighted by atomic mass is 16.2. The summed E-state index contributed by atoms with van der Waals surface area (Å²) >= 11 is 0. The Balaban J connectivity index is 2.59. The SMILES string of the molecule is CC(C)(N)C(C)(C)C(=O)NCc1cnc[nH]1. The van der Waals surface area contributed by atoms with Gasteiger partial charge in [-0.1, -0.05) is 0 Å². The maximum Gasteiger partial charge on any atom is 0.227 e. The highest BCUT2D eigenvalue weighted by Crippen LogP contribution is 2.28. The molecular weight excluding hydrogens is 204 g/mol. The fourth-order valence-electron chi connectivity index (χ4n) is 1.07.